The standard InChI is InChI=1S/C47H88O13/c1-4-6-8-10-12-13-14-15-16-17-18-19-23-27-31-36(48)57-33-35-45(43(55)44(56)47(58-35)60-46-41(53)39(51)38(50)40(52)42(46)54)59-37(49)32-28-24-20-22-26-30-34(3)29-25-21-11-9-7-5-2/h34-35,38-47,50-56H,4-33H2,1-3H3. The lowest BCUT2D eigenvalue weighted by Gasteiger charge is -2.46. The number of unbranched alkanes of at least 4 members (excludes halogenated alkanes) is 22. The van der Waals surface area contributed by atoms with Gasteiger partial charge < -0.3 is 54.7 Å². The van der Waals surface area contributed by atoms with E-state index in [4.69, 9.17) is 18.9 Å². The Morgan fingerprint density at radius 1 is 0.467 bits per heavy atom. The van der Waals surface area contributed by atoms with Gasteiger partial charge in [0.25, 0.3) is 0 Å². The molecular weight excluding hydrogens is 773 g/mol. The number of carbonyl (C=O) groups is 2. The lowest BCUT2D eigenvalue weighted by molar-refractivity contribution is -0.340. The van der Waals surface area contributed by atoms with Crippen molar-refractivity contribution in [3.63, 3.8) is 0 Å². The van der Waals surface area contributed by atoms with Gasteiger partial charge in [-0.05, 0) is 18.8 Å². The van der Waals surface area contributed by atoms with Crippen LogP contribution in [0.4, 0.5) is 0 Å². The Labute approximate surface area is 362 Å². The summed E-state index contributed by atoms with van der Waals surface area (Å²) in [4.78, 5) is 25.8. The van der Waals surface area contributed by atoms with Crippen LogP contribution in [0.2, 0.25) is 0 Å². The van der Waals surface area contributed by atoms with Crippen LogP contribution in [-0.2, 0) is 28.5 Å². The van der Waals surface area contributed by atoms with Crippen LogP contribution in [0.15, 0.2) is 0 Å². The molecule has 1 heterocycles. The van der Waals surface area contributed by atoms with Gasteiger partial charge in [0.05, 0.1) is 0 Å². The second-order valence-electron chi connectivity index (χ2n) is 18.0. The minimum absolute atomic E-state index is 0.0812. The van der Waals surface area contributed by atoms with E-state index in [1.165, 1.54) is 116 Å². The fourth-order valence-corrected chi connectivity index (χ4v) is 8.44. The van der Waals surface area contributed by atoms with Crippen LogP contribution in [-0.4, -0.2) is 122 Å². The Balaban J connectivity index is 1.82. The number of aliphatic hydroxyl groups is 7. The molecule has 0 amide bonds. The third kappa shape index (κ3) is 21.8. The molecule has 1 saturated heterocycles. The molecule has 0 aromatic heterocycles. The molecule has 0 aromatic rings. The van der Waals surface area contributed by atoms with Crippen molar-refractivity contribution >= 4 is 11.9 Å². The summed E-state index contributed by atoms with van der Waals surface area (Å²) in [5.74, 6) is -0.398. The summed E-state index contributed by atoms with van der Waals surface area (Å²) in [6.07, 6.45) is 12.5. The molecule has 1 aliphatic carbocycles. The Hall–Kier alpha value is -1.42. The topological polar surface area (TPSA) is 213 Å². The molecule has 2 rings (SSSR count). The van der Waals surface area contributed by atoms with Gasteiger partial charge in [-0.15, -0.1) is 0 Å². The van der Waals surface area contributed by atoms with Crippen molar-refractivity contribution in [2.24, 2.45) is 5.92 Å². The van der Waals surface area contributed by atoms with Crippen LogP contribution in [0.5, 0.6) is 0 Å². The van der Waals surface area contributed by atoms with Crippen LogP contribution in [0.3, 0.4) is 0 Å². The van der Waals surface area contributed by atoms with Gasteiger partial charge in [-0.1, -0.05) is 181 Å². The predicted octanol–water partition coefficient (Wildman–Crippen LogP) is 7.08. The summed E-state index contributed by atoms with van der Waals surface area (Å²) >= 11 is 0. The van der Waals surface area contributed by atoms with Crippen molar-refractivity contribution in [1.29, 1.82) is 0 Å². The first kappa shape index (κ1) is 54.7. The second-order valence-corrected chi connectivity index (χ2v) is 18.0. The summed E-state index contributed by atoms with van der Waals surface area (Å²) < 4.78 is 22.6. The van der Waals surface area contributed by atoms with Crippen LogP contribution in [0, 0.1) is 5.92 Å². The van der Waals surface area contributed by atoms with E-state index in [1.54, 1.807) is 0 Å². The molecule has 10 atom stereocenters. The molecule has 2 fully saturated rings. The zero-order chi connectivity index (χ0) is 44.1. The van der Waals surface area contributed by atoms with Crippen molar-refractivity contribution in [2.45, 2.75) is 274 Å². The summed E-state index contributed by atoms with van der Waals surface area (Å²) in [6, 6.07) is 0. The minimum Gasteiger partial charge on any atom is -0.463 e. The first-order chi connectivity index (χ1) is 28.9. The molecule has 1 aliphatic heterocycles. The Kier molecular flexibility index (Phi) is 30.2. The van der Waals surface area contributed by atoms with Gasteiger partial charge in [0.2, 0.25) is 0 Å². The Morgan fingerprint density at radius 2 is 0.833 bits per heavy atom. The quantitative estimate of drug-likeness (QED) is 0.0251. The fourth-order valence-electron chi connectivity index (χ4n) is 8.44. The fraction of sp³-hybridized carbons (Fsp3) is 0.957. The Bertz CT molecular complexity index is 1060. The number of hydrogen-bond donors (Lipinski definition) is 7. The summed E-state index contributed by atoms with van der Waals surface area (Å²) in [6.45, 7) is 6.35. The number of aliphatic hydroxyl groups excluding tert-OH is 7. The number of hydrogen-bond acceptors (Lipinski definition) is 13. The van der Waals surface area contributed by atoms with Gasteiger partial charge in [-0.2, -0.15) is 0 Å². The van der Waals surface area contributed by atoms with Crippen LogP contribution in [0.1, 0.15) is 207 Å². The maximum Gasteiger partial charge on any atom is 0.306 e. The molecule has 0 radical (unpaired) electrons. The van der Waals surface area contributed by atoms with Gasteiger partial charge in [-0.25, -0.2) is 0 Å². The SMILES string of the molecule is CCCCCCCCCCCCCCCCC(=O)OCC1OC(OC2C(O)C(O)C(O)C(O)C2O)C(O)C(O)C1OC(=O)CCCCCCCC(C)CCCCCCCC. The van der Waals surface area contributed by atoms with Crippen LogP contribution >= 0.6 is 0 Å². The normalized spacial score (nSPS) is 28.7. The maximum atomic E-state index is 13.0. The Morgan fingerprint density at radius 3 is 1.28 bits per heavy atom. The smallest absolute Gasteiger partial charge is 0.306 e. The van der Waals surface area contributed by atoms with E-state index in [1.807, 2.05) is 0 Å². The number of carbonyl (C=O) groups excluding carboxylic acids is 2. The van der Waals surface area contributed by atoms with Gasteiger partial charge in [0, 0.05) is 12.8 Å². The van der Waals surface area contributed by atoms with E-state index in [9.17, 15) is 45.3 Å². The van der Waals surface area contributed by atoms with Crippen LogP contribution in [0.25, 0.3) is 0 Å². The molecule has 354 valence electrons. The van der Waals surface area contributed by atoms with Crippen molar-refractivity contribution in [2.75, 3.05) is 6.61 Å². The first-order valence-electron chi connectivity index (χ1n) is 24.3. The average molecular weight is 861 g/mol. The minimum atomic E-state index is -1.89. The molecule has 0 aromatic carbocycles. The molecule has 0 spiro atoms. The second kappa shape index (κ2) is 33.1. The highest BCUT2D eigenvalue weighted by molar-refractivity contribution is 5.70. The molecular formula is C47H88O13. The molecule has 60 heavy (non-hydrogen) atoms. The molecule has 7 N–H and O–H groups in total. The van der Waals surface area contributed by atoms with Crippen molar-refractivity contribution in [3.8, 4) is 0 Å². The molecule has 0 bridgehead atoms. The molecule has 10 unspecified atom stereocenters. The van der Waals surface area contributed by atoms with Gasteiger partial charge >= 0.3 is 11.9 Å². The van der Waals surface area contributed by atoms with E-state index in [0.29, 0.717) is 12.8 Å². The zero-order valence-electron chi connectivity index (χ0n) is 37.7. The molecule has 13 nitrogen and oxygen atoms in total. The zero-order valence-corrected chi connectivity index (χ0v) is 37.7. The highest BCUT2D eigenvalue weighted by atomic mass is 16.7. The summed E-state index contributed by atoms with van der Waals surface area (Å²) in [5, 5.41) is 73.5. The number of ether oxygens (including phenoxy) is 4. The first-order valence-corrected chi connectivity index (χ1v) is 24.3. The average Bonchev–Trinajstić information content (AvgIpc) is 3.23. The van der Waals surface area contributed by atoms with E-state index in [-0.39, 0.29) is 12.8 Å². The number of rotatable bonds is 35. The molecule has 1 saturated carbocycles. The van der Waals surface area contributed by atoms with Crippen molar-refractivity contribution < 1.29 is 64.3 Å². The maximum absolute atomic E-state index is 13.0. The van der Waals surface area contributed by atoms with E-state index in [0.717, 1.165) is 50.9 Å². The third-order valence-electron chi connectivity index (χ3n) is 12.5. The molecule has 2 aliphatic rings. The van der Waals surface area contributed by atoms with E-state index in [2.05, 4.69) is 20.8 Å². The number of esters is 2. The van der Waals surface area contributed by atoms with E-state index >= 15 is 0 Å². The van der Waals surface area contributed by atoms with E-state index < -0.39 is 85.9 Å². The third-order valence-corrected chi connectivity index (χ3v) is 12.5. The lowest BCUT2D eigenvalue weighted by atomic mass is 9.84. The monoisotopic (exact) mass is 861 g/mol. The van der Waals surface area contributed by atoms with Crippen molar-refractivity contribution in [3.05, 3.63) is 0 Å². The van der Waals surface area contributed by atoms with Gasteiger partial charge in [0.15, 0.2) is 12.4 Å². The van der Waals surface area contributed by atoms with Crippen LogP contribution < -0.4 is 0 Å². The predicted molar refractivity (Wildman–Crippen MR) is 231 cm³/mol. The van der Waals surface area contributed by atoms with Gasteiger partial charge in [-0.3, -0.25) is 9.59 Å². The summed E-state index contributed by atoms with van der Waals surface area (Å²) in [7, 11) is 0. The highest BCUT2D eigenvalue weighted by Gasteiger charge is 2.53. The van der Waals surface area contributed by atoms with Gasteiger partial charge in [0.1, 0.15) is 61.5 Å². The van der Waals surface area contributed by atoms with Crippen molar-refractivity contribution in [1.82, 2.24) is 0 Å². The summed E-state index contributed by atoms with van der Waals surface area (Å²) in [5.41, 5.74) is 0. The lowest BCUT2D eigenvalue weighted by Crippen LogP contribution is -2.67. The largest absolute Gasteiger partial charge is 0.463 e. The molecule has 13 heteroatoms. The highest BCUT2D eigenvalue weighted by Crippen LogP contribution is 2.31.